The van der Waals surface area contributed by atoms with Gasteiger partial charge >= 0.3 is 0 Å². The first-order chi connectivity index (χ1) is 8.25. The SMILES string of the molecule is NCC1(C(=O)c2ccc3c(c2)CCO3)CCC1. The lowest BCUT2D eigenvalue weighted by molar-refractivity contribution is 0.0636. The van der Waals surface area contributed by atoms with Crippen molar-refractivity contribution < 1.29 is 9.53 Å². The van der Waals surface area contributed by atoms with Crippen LogP contribution >= 0.6 is 0 Å². The molecule has 2 aliphatic rings. The lowest BCUT2D eigenvalue weighted by atomic mass is 9.64. The highest BCUT2D eigenvalue weighted by atomic mass is 16.5. The Hall–Kier alpha value is -1.35. The van der Waals surface area contributed by atoms with Crippen molar-refractivity contribution in [2.45, 2.75) is 25.7 Å². The molecule has 3 rings (SSSR count). The third-order valence-electron chi connectivity index (χ3n) is 4.13. The summed E-state index contributed by atoms with van der Waals surface area (Å²) in [6.45, 7) is 1.20. The number of carbonyl (C=O) groups is 1. The molecule has 0 bridgehead atoms. The van der Waals surface area contributed by atoms with Crippen LogP contribution in [0.3, 0.4) is 0 Å². The molecule has 90 valence electrons. The van der Waals surface area contributed by atoms with E-state index in [2.05, 4.69) is 0 Å². The zero-order valence-corrected chi connectivity index (χ0v) is 9.87. The summed E-state index contributed by atoms with van der Waals surface area (Å²) >= 11 is 0. The monoisotopic (exact) mass is 231 g/mol. The van der Waals surface area contributed by atoms with Gasteiger partial charge in [0.1, 0.15) is 5.75 Å². The van der Waals surface area contributed by atoms with Crippen LogP contribution in [0.25, 0.3) is 0 Å². The van der Waals surface area contributed by atoms with Crippen molar-refractivity contribution in [3.8, 4) is 5.75 Å². The molecule has 1 aromatic rings. The largest absolute Gasteiger partial charge is 0.493 e. The van der Waals surface area contributed by atoms with Crippen molar-refractivity contribution >= 4 is 5.78 Å². The number of hydrogen-bond donors (Lipinski definition) is 1. The molecule has 3 nitrogen and oxygen atoms in total. The van der Waals surface area contributed by atoms with Crippen LogP contribution in [0.2, 0.25) is 0 Å². The number of fused-ring (bicyclic) bond motifs is 1. The summed E-state index contributed by atoms with van der Waals surface area (Å²) < 4.78 is 5.45. The van der Waals surface area contributed by atoms with Crippen molar-refractivity contribution in [2.75, 3.05) is 13.2 Å². The van der Waals surface area contributed by atoms with E-state index in [1.165, 1.54) is 0 Å². The summed E-state index contributed by atoms with van der Waals surface area (Å²) in [5.74, 6) is 1.15. The van der Waals surface area contributed by atoms with E-state index < -0.39 is 0 Å². The van der Waals surface area contributed by atoms with Gasteiger partial charge in [-0.05, 0) is 36.6 Å². The van der Waals surface area contributed by atoms with Crippen LogP contribution in [0, 0.1) is 5.41 Å². The van der Waals surface area contributed by atoms with Gasteiger partial charge in [0.2, 0.25) is 0 Å². The molecule has 0 atom stereocenters. The normalized spacial score (nSPS) is 20.3. The predicted molar refractivity (Wildman–Crippen MR) is 65.3 cm³/mol. The summed E-state index contributed by atoms with van der Waals surface area (Å²) in [6, 6.07) is 5.78. The topological polar surface area (TPSA) is 52.3 Å². The van der Waals surface area contributed by atoms with Gasteiger partial charge in [0.25, 0.3) is 0 Å². The van der Waals surface area contributed by atoms with Crippen LogP contribution in [0.1, 0.15) is 35.2 Å². The van der Waals surface area contributed by atoms with Gasteiger partial charge in [0, 0.05) is 23.9 Å². The summed E-state index contributed by atoms with van der Waals surface area (Å²) in [5, 5.41) is 0. The lowest BCUT2D eigenvalue weighted by Crippen LogP contribution is -2.44. The highest BCUT2D eigenvalue weighted by molar-refractivity contribution is 6.01. The van der Waals surface area contributed by atoms with Gasteiger partial charge in [-0.3, -0.25) is 4.79 Å². The number of hydrogen-bond acceptors (Lipinski definition) is 3. The second-order valence-corrected chi connectivity index (χ2v) is 5.09. The van der Waals surface area contributed by atoms with Crippen molar-refractivity contribution in [3.05, 3.63) is 29.3 Å². The minimum atomic E-state index is -0.270. The molecule has 0 unspecified atom stereocenters. The van der Waals surface area contributed by atoms with Crippen LogP contribution in [-0.4, -0.2) is 18.9 Å². The Morgan fingerprint density at radius 2 is 2.24 bits per heavy atom. The molecule has 0 aromatic heterocycles. The maximum atomic E-state index is 12.5. The molecule has 3 heteroatoms. The number of nitrogens with two attached hydrogens (primary N) is 1. The van der Waals surface area contributed by atoms with Gasteiger partial charge in [0.15, 0.2) is 5.78 Å². The van der Waals surface area contributed by atoms with Crippen LogP contribution in [-0.2, 0) is 6.42 Å². The molecule has 1 aromatic carbocycles. The molecule has 2 N–H and O–H groups in total. The summed E-state index contributed by atoms with van der Waals surface area (Å²) in [5.41, 5.74) is 7.46. The van der Waals surface area contributed by atoms with E-state index >= 15 is 0 Å². The molecule has 1 fully saturated rings. The number of benzene rings is 1. The zero-order chi connectivity index (χ0) is 11.9. The molecule has 0 saturated heterocycles. The van der Waals surface area contributed by atoms with E-state index in [1.54, 1.807) is 0 Å². The third kappa shape index (κ3) is 1.57. The Kier molecular flexibility index (Phi) is 2.44. The fourth-order valence-corrected chi connectivity index (χ4v) is 2.76. The Morgan fingerprint density at radius 1 is 1.41 bits per heavy atom. The molecular formula is C14H17NO2. The number of carbonyl (C=O) groups excluding carboxylic acids is 1. The highest BCUT2D eigenvalue weighted by Crippen LogP contribution is 2.43. The standard InChI is InChI=1S/C14H17NO2/c15-9-14(5-1-6-14)13(16)11-2-3-12-10(8-11)4-7-17-12/h2-3,8H,1,4-7,9,15H2. The predicted octanol–water partition coefficient (Wildman–Crippen LogP) is 1.93. The first kappa shape index (κ1) is 10.8. The van der Waals surface area contributed by atoms with E-state index in [1.807, 2.05) is 18.2 Å². The van der Waals surface area contributed by atoms with Gasteiger partial charge < -0.3 is 10.5 Å². The second kappa shape index (κ2) is 3.84. The molecule has 0 spiro atoms. The van der Waals surface area contributed by atoms with Crippen molar-refractivity contribution in [1.82, 2.24) is 0 Å². The van der Waals surface area contributed by atoms with Crippen LogP contribution in [0.5, 0.6) is 5.75 Å². The lowest BCUT2D eigenvalue weighted by Gasteiger charge is -2.39. The van der Waals surface area contributed by atoms with E-state index in [0.717, 1.165) is 49.2 Å². The first-order valence-electron chi connectivity index (χ1n) is 6.26. The van der Waals surface area contributed by atoms with E-state index in [-0.39, 0.29) is 11.2 Å². The number of ketones is 1. The Bertz CT molecular complexity index is 458. The number of ether oxygens (including phenoxy) is 1. The maximum absolute atomic E-state index is 12.5. The molecule has 1 aliphatic heterocycles. The van der Waals surface area contributed by atoms with Gasteiger partial charge in [0.05, 0.1) is 6.61 Å². The minimum absolute atomic E-state index is 0.223. The van der Waals surface area contributed by atoms with Crippen molar-refractivity contribution in [2.24, 2.45) is 11.1 Å². The highest BCUT2D eigenvalue weighted by Gasteiger charge is 2.43. The van der Waals surface area contributed by atoms with Crippen molar-refractivity contribution in [3.63, 3.8) is 0 Å². The minimum Gasteiger partial charge on any atom is -0.493 e. The molecule has 0 amide bonds. The van der Waals surface area contributed by atoms with Crippen LogP contribution < -0.4 is 10.5 Å². The Labute approximate surface area is 101 Å². The van der Waals surface area contributed by atoms with E-state index in [4.69, 9.17) is 10.5 Å². The Morgan fingerprint density at radius 3 is 2.88 bits per heavy atom. The van der Waals surface area contributed by atoms with Gasteiger partial charge in [-0.25, -0.2) is 0 Å². The van der Waals surface area contributed by atoms with Gasteiger partial charge in [-0.15, -0.1) is 0 Å². The fraction of sp³-hybridized carbons (Fsp3) is 0.500. The average Bonchev–Trinajstić information content (AvgIpc) is 2.74. The second-order valence-electron chi connectivity index (χ2n) is 5.09. The molecule has 17 heavy (non-hydrogen) atoms. The molecular weight excluding hydrogens is 214 g/mol. The van der Waals surface area contributed by atoms with Crippen molar-refractivity contribution in [1.29, 1.82) is 0 Å². The molecule has 1 aliphatic carbocycles. The fourth-order valence-electron chi connectivity index (χ4n) is 2.76. The zero-order valence-electron chi connectivity index (χ0n) is 9.87. The average molecular weight is 231 g/mol. The Balaban J connectivity index is 1.91. The quantitative estimate of drug-likeness (QED) is 0.809. The van der Waals surface area contributed by atoms with E-state index in [9.17, 15) is 4.79 Å². The number of rotatable bonds is 3. The van der Waals surface area contributed by atoms with E-state index in [0.29, 0.717) is 6.54 Å². The molecule has 1 saturated carbocycles. The van der Waals surface area contributed by atoms with Crippen LogP contribution in [0.4, 0.5) is 0 Å². The number of Topliss-reactive ketones (excluding diaryl/α,β-unsaturated/α-hetero) is 1. The smallest absolute Gasteiger partial charge is 0.170 e. The third-order valence-corrected chi connectivity index (χ3v) is 4.13. The summed E-state index contributed by atoms with van der Waals surface area (Å²) in [6.07, 6.45) is 3.91. The summed E-state index contributed by atoms with van der Waals surface area (Å²) in [7, 11) is 0. The van der Waals surface area contributed by atoms with Crippen LogP contribution in [0.15, 0.2) is 18.2 Å². The van der Waals surface area contributed by atoms with Gasteiger partial charge in [-0.1, -0.05) is 6.42 Å². The first-order valence-corrected chi connectivity index (χ1v) is 6.26. The maximum Gasteiger partial charge on any atom is 0.170 e. The van der Waals surface area contributed by atoms with Gasteiger partial charge in [-0.2, -0.15) is 0 Å². The molecule has 1 heterocycles. The summed E-state index contributed by atoms with van der Waals surface area (Å²) in [4.78, 5) is 12.5. The molecule has 0 radical (unpaired) electrons.